The summed E-state index contributed by atoms with van der Waals surface area (Å²) in [6, 6.07) is 77.3. The second-order valence-corrected chi connectivity index (χ2v) is 15.4. The molecule has 59 heavy (non-hydrogen) atoms. The van der Waals surface area contributed by atoms with E-state index in [0.29, 0.717) is 13.2 Å². The Labute approximate surface area is 349 Å². The molecule has 284 valence electrons. The third-order valence-corrected chi connectivity index (χ3v) is 11.9. The van der Waals surface area contributed by atoms with Gasteiger partial charge in [0.2, 0.25) is 0 Å². The summed E-state index contributed by atoms with van der Waals surface area (Å²) in [4.78, 5) is 5.66. The molecule has 8 aromatic carbocycles. The molecule has 1 aliphatic heterocycles. The predicted molar refractivity (Wildman–Crippen MR) is 246 cm³/mol. The minimum absolute atomic E-state index is 0.513. The van der Waals surface area contributed by atoms with Gasteiger partial charge >= 0.3 is 0 Å². The van der Waals surface area contributed by atoms with Crippen LogP contribution in [0.15, 0.2) is 218 Å². The Morgan fingerprint density at radius 2 is 0.593 bits per heavy atom. The first-order chi connectivity index (χ1) is 29.3. The van der Waals surface area contributed by atoms with Gasteiger partial charge in [-0.3, -0.25) is 4.90 Å². The van der Waals surface area contributed by atoms with Crippen molar-refractivity contribution in [2.75, 3.05) is 23.0 Å². The number of para-hydroxylation sites is 2. The first-order valence-electron chi connectivity index (χ1n) is 19.9. The van der Waals surface area contributed by atoms with Gasteiger partial charge in [0.15, 0.2) is 11.5 Å². The van der Waals surface area contributed by atoms with Crippen LogP contribution in [0.2, 0.25) is 0 Å². The maximum atomic E-state index is 6.35. The average molecular weight is 781 g/mol. The molecule has 0 saturated carbocycles. The summed E-state index contributed by atoms with van der Waals surface area (Å²) in [6.07, 6.45) is 0. The van der Waals surface area contributed by atoms with Crippen LogP contribution in [0.1, 0.15) is 0 Å². The van der Waals surface area contributed by atoms with E-state index in [1.165, 1.54) is 22.3 Å². The largest absolute Gasteiger partial charge is 0.485 e. The van der Waals surface area contributed by atoms with E-state index in [0.717, 1.165) is 66.5 Å². The Morgan fingerprint density at radius 3 is 1.03 bits per heavy atom. The fourth-order valence-electron chi connectivity index (χ4n) is 7.74. The van der Waals surface area contributed by atoms with Crippen molar-refractivity contribution in [3.05, 3.63) is 218 Å². The van der Waals surface area contributed by atoms with Gasteiger partial charge in [0.05, 0.1) is 4.88 Å². The van der Waals surface area contributed by atoms with E-state index >= 15 is 0 Å². The number of fused-ring (bicyclic) bond motifs is 1. The minimum atomic E-state index is 0.513. The van der Waals surface area contributed by atoms with E-state index < -0.39 is 0 Å². The van der Waals surface area contributed by atoms with E-state index in [9.17, 15) is 0 Å². The van der Waals surface area contributed by atoms with Crippen LogP contribution < -0.4 is 19.3 Å². The molecule has 2 heterocycles. The lowest BCUT2D eigenvalue weighted by molar-refractivity contribution is 0.175. The Bertz CT molecular complexity index is 2770. The average Bonchev–Trinajstić information content (AvgIpc) is 3.70. The molecular weight excluding hydrogens is 741 g/mol. The Kier molecular flexibility index (Phi) is 9.93. The zero-order valence-corrected chi connectivity index (χ0v) is 33.1. The van der Waals surface area contributed by atoms with Gasteiger partial charge in [-0.05, 0) is 99.6 Å². The van der Waals surface area contributed by atoms with Gasteiger partial charge in [0.1, 0.15) is 18.2 Å². The third kappa shape index (κ3) is 7.36. The molecule has 0 saturated heterocycles. The molecule has 5 heteroatoms. The first kappa shape index (κ1) is 36.0. The van der Waals surface area contributed by atoms with Gasteiger partial charge in [-0.25, -0.2) is 0 Å². The summed E-state index contributed by atoms with van der Waals surface area (Å²) in [7, 11) is 0. The lowest BCUT2D eigenvalue weighted by Gasteiger charge is -2.26. The van der Waals surface area contributed by atoms with Gasteiger partial charge in [0, 0.05) is 28.4 Å². The van der Waals surface area contributed by atoms with Crippen molar-refractivity contribution in [1.29, 1.82) is 0 Å². The second kappa shape index (κ2) is 16.3. The van der Waals surface area contributed by atoms with Crippen molar-refractivity contribution in [2.24, 2.45) is 0 Å². The number of ether oxygens (including phenoxy) is 2. The van der Waals surface area contributed by atoms with Crippen LogP contribution in [0.3, 0.4) is 0 Å². The molecule has 0 amide bonds. The number of hydrogen-bond donors (Lipinski definition) is 0. The number of benzene rings is 8. The van der Waals surface area contributed by atoms with Crippen LogP contribution >= 0.6 is 11.3 Å². The minimum Gasteiger partial charge on any atom is -0.485 e. The molecule has 10 rings (SSSR count). The lowest BCUT2D eigenvalue weighted by atomic mass is 10.00. The topological polar surface area (TPSA) is 24.9 Å². The van der Waals surface area contributed by atoms with Crippen LogP contribution in [-0.4, -0.2) is 13.2 Å². The molecule has 4 nitrogen and oxygen atoms in total. The fraction of sp³-hybridized carbons (Fsp3) is 0.0370. The molecular formula is C54H40N2O2S. The van der Waals surface area contributed by atoms with Gasteiger partial charge in [-0.1, -0.05) is 158 Å². The van der Waals surface area contributed by atoms with E-state index in [4.69, 9.17) is 9.47 Å². The van der Waals surface area contributed by atoms with E-state index in [2.05, 4.69) is 216 Å². The van der Waals surface area contributed by atoms with Crippen LogP contribution in [0.4, 0.5) is 33.4 Å². The summed E-state index contributed by atoms with van der Waals surface area (Å²) in [5.41, 5.74) is 13.6. The zero-order valence-electron chi connectivity index (χ0n) is 32.3. The fourth-order valence-corrected chi connectivity index (χ4v) is 8.98. The molecule has 0 fully saturated rings. The maximum absolute atomic E-state index is 6.35. The lowest BCUT2D eigenvalue weighted by Crippen LogP contribution is -2.17. The first-order valence-corrected chi connectivity index (χ1v) is 20.7. The highest BCUT2D eigenvalue weighted by molar-refractivity contribution is 7.20. The predicted octanol–water partition coefficient (Wildman–Crippen LogP) is 15.1. The summed E-state index contributed by atoms with van der Waals surface area (Å²) in [6.45, 7) is 1.04. The standard InChI is InChI=1S/C54H40N2O2S/c1-5-13-39(14-6-1)40-21-23-41(24-22-40)42-25-31-48(32-26-42)55(46-17-9-3-10-18-46)49-33-27-43(28-34-49)44-29-35-50(36-30-44)56(47-19-11-4-12-20-47)54-52-51(57-37-38-58-52)53(59-54)45-15-7-2-8-16-45/h1-36H,37-38H2. The van der Waals surface area contributed by atoms with Crippen LogP contribution in [0.5, 0.6) is 11.5 Å². The monoisotopic (exact) mass is 780 g/mol. The van der Waals surface area contributed by atoms with E-state index in [1.54, 1.807) is 11.3 Å². The SMILES string of the molecule is c1ccc(-c2ccc(-c3ccc(N(c4ccccc4)c4ccc(-c5ccc(N(c6ccccc6)c6sc(-c7ccccc7)c7c6OCCO7)cc5)cc4)cc3)cc2)cc1. The van der Waals surface area contributed by atoms with Crippen molar-refractivity contribution >= 4 is 44.8 Å². The zero-order chi connectivity index (χ0) is 39.4. The molecule has 0 spiro atoms. The van der Waals surface area contributed by atoms with Crippen LogP contribution in [-0.2, 0) is 0 Å². The molecule has 1 aliphatic rings. The summed E-state index contributed by atoms with van der Waals surface area (Å²) < 4.78 is 12.6. The number of anilines is 6. The van der Waals surface area contributed by atoms with Crippen molar-refractivity contribution in [3.8, 4) is 55.3 Å². The van der Waals surface area contributed by atoms with E-state index in [-0.39, 0.29) is 0 Å². The Morgan fingerprint density at radius 1 is 0.288 bits per heavy atom. The summed E-state index contributed by atoms with van der Waals surface area (Å²) in [5.74, 6) is 1.60. The van der Waals surface area contributed by atoms with Gasteiger partial charge in [-0.2, -0.15) is 0 Å². The van der Waals surface area contributed by atoms with E-state index in [1.807, 2.05) is 12.1 Å². The third-order valence-electron chi connectivity index (χ3n) is 10.7. The van der Waals surface area contributed by atoms with Crippen molar-refractivity contribution in [3.63, 3.8) is 0 Å². The number of hydrogen-bond acceptors (Lipinski definition) is 5. The second-order valence-electron chi connectivity index (χ2n) is 14.4. The van der Waals surface area contributed by atoms with Crippen LogP contribution in [0, 0.1) is 0 Å². The molecule has 0 aliphatic carbocycles. The summed E-state index contributed by atoms with van der Waals surface area (Å²) in [5, 5.41) is 0.997. The highest BCUT2D eigenvalue weighted by Crippen LogP contribution is 2.57. The molecule has 0 N–H and O–H groups in total. The Balaban J connectivity index is 0.939. The normalized spacial score (nSPS) is 11.9. The number of thiophene rings is 1. The maximum Gasteiger partial charge on any atom is 0.197 e. The van der Waals surface area contributed by atoms with Gasteiger partial charge in [-0.15, -0.1) is 11.3 Å². The molecule has 9 aromatic rings. The number of rotatable bonds is 10. The molecule has 0 bridgehead atoms. The van der Waals surface area contributed by atoms with Crippen molar-refractivity contribution in [2.45, 2.75) is 0 Å². The summed E-state index contributed by atoms with van der Waals surface area (Å²) >= 11 is 1.70. The van der Waals surface area contributed by atoms with Crippen molar-refractivity contribution < 1.29 is 9.47 Å². The van der Waals surface area contributed by atoms with Gasteiger partial charge < -0.3 is 14.4 Å². The highest BCUT2D eigenvalue weighted by atomic mass is 32.1. The molecule has 1 aromatic heterocycles. The Hall–Kier alpha value is -7.34. The highest BCUT2D eigenvalue weighted by Gasteiger charge is 2.30. The van der Waals surface area contributed by atoms with Gasteiger partial charge in [0.25, 0.3) is 0 Å². The van der Waals surface area contributed by atoms with Crippen molar-refractivity contribution in [1.82, 2.24) is 0 Å². The number of nitrogens with zero attached hydrogens (tertiary/aromatic N) is 2. The molecule has 0 atom stereocenters. The molecule has 0 radical (unpaired) electrons. The quantitative estimate of drug-likeness (QED) is 0.138. The molecule has 0 unspecified atom stereocenters. The van der Waals surface area contributed by atoms with Crippen LogP contribution in [0.25, 0.3) is 43.8 Å². The smallest absolute Gasteiger partial charge is 0.197 e.